The molecule has 7 heteroatoms. The molecular weight excluding hydrogens is 320 g/mol. The van der Waals surface area contributed by atoms with Crippen LogP contribution < -0.4 is 16.0 Å². The number of carbonyl (C=O) groups is 2. The molecular formula is C18H26N4O3. The molecule has 0 aliphatic heterocycles. The number of hydrogen-bond acceptors (Lipinski definition) is 5. The molecule has 0 aromatic heterocycles. The van der Waals surface area contributed by atoms with Crippen molar-refractivity contribution < 1.29 is 14.7 Å². The van der Waals surface area contributed by atoms with Crippen molar-refractivity contribution in [3.63, 3.8) is 0 Å². The summed E-state index contributed by atoms with van der Waals surface area (Å²) < 4.78 is 0. The van der Waals surface area contributed by atoms with Gasteiger partial charge in [0.25, 0.3) is 5.91 Å². The van der Waals surface area contributed by atoms with Gasteiger partial charge in [-0.05, 0) is 43.5 Å². The lowest BCUT2D eigenvalue weighted by molar-refractivity contribution is -0.121. The average Bonchev–Trinajstić information content (AvgIpc) is 2.60. The number of aliphatic hydroxyl groups is 1. The van der Waals surface area contributed by atoms with Crippen LogP contribution in [0.25, 0.3) is 0 Å². The third-order valence-corrected chi connectivity index (χ3v) is 4.01. The van der Waals surface area contributed by atoms with Crippen LogP contribution in [0.3, 0.4) is 0 Å². The van der Waals surface area contributed by atoms with Gasteiger partial charge >= 0.3 is 0 Å². The summed E-state index contributed by atoms with van der Waals surface area (Å²) in [7, 11) is 0. The maximum atomic E-state index is 12.0. The number of aliphatic hydroxyl groups excluding tert-OH is 1. The summed E-state index contributed by atoms with van der Waals surface area (Å²) in [6, 6.07) is 8.85. The highest BCUT2D eigenvalue weighted by molar-refractivity contribution is 5.94. The van der Waals surface area contributed by atoms with Gasteiger partial charge in [0.1, 0.15) is 5.54 Å². The van der Waals surface area contributed by atoms with Gasteiger partial charge in [0.05, 0.1) is 12.6 Å². The van der Waals surface area contributed by atoms with Crippen molar-refractivity contribution in [3.05, 3.63) is 29.8 Å². The van der Waals surface area contributed by atoms with Crippen molar-refractivity contribution in [2.24, 2.45) is 5.92 Å². The number of benzene rings is 1. The lowest BCUT2D eigenvalue weighted by atomic mass is 9.90. The Morgan fingerprint density at radius 2 is 1.92 bits per heavy atom. The van der Waals surface area contributed by atoms with E-state index >= 15 is 0 Å². The molecule has 136 valence electrons. The molecule has 7 nitrogen and oxygen atoms in total. The van der Waals surface area contributed by atoms with Gasteiger partial charge in [-0.1, -0.05) is 13.8 Å². The van der Waals surface area contributed by atoms with Gasteiger partial charge in [0.15, 0.2) is 0 Å². The van der Waals surface area contributed by atoms with Crippen molar-refractivity contribution in [3.8, 4) is 6.07 Å². The van der Waals surface area contributed by atoms with E-state index in [4.69, 9.17) is 5.11 Å². The molecule has 0 spiro atoms. The van der Waals surface area contributed by atoms with Crippen molar-refractivity contribution in [1.82, 2.24) is 10.6 Å². The zero-order valence-corrected chi connectivity index (χ0v) is 14.9. The fourth-order valence-corrected chi connectivity index (χ4v) is 1.94. The number of nitrogens with zero attached hydrogens (tertiary/aromatic N) is 1. The smallest absolute Gasteiger partial charge is 0.251 e. The van der Waals surface area contributed by atoms with E-state index in [1.807, 2.05) is 13.8 Å². The Bertz CT molecular complexity index is 622. The van der Waals surface area contributed by atoms with Crippen LogP contribution in [0.2, 0.25) is 0 Å². The summed E-state index contributed by atoms with van der Waals surface area (Å²) in [5.41, 5.74) is 0.296. The quantitative estimate of drug-likeness (QED) is 0.503. The molecule has 0 saturated carbocycles. The Kier molecular flexibility index (Phi) is 7.89. The monoisotopic (exact) mass is 346 g/mol. The zero-order chi connectivity index (χ0) is 18.9. The van der Waals surface area contributed by atoms with E-state index in [1.54, 1.807) is 31.2 Å². The molecule has 0 heterocycles. The highest BCUT2D eigenvalue weighted by Gasteiger charge is 2.29. The Balaban J connectivity index is 2.52. The normalized spacial score (nSPS) is 12.8. The molecule has 0 saturated heterocycles. The van der Waals surface area contributed by atoms with Crippen LogP contribution in [-0.4, -0.2) is 42.2 Å². The van der Waals surface area contributed by atoms with Gasteiger partial charge in [-0.15, -0.1) is 0 Å². The highest BCUT2D eigenvalue weighted by atomic mass is 16.3. The summed E-state index contributed by atoms with van der Waals surface area (Å²) in [5.74, 6) is -0.492. The van der Waals surface area contributed by atoms with Crippen LogP contribution >= 0.6 is 0 Å². The number of rotatable bonds is 9. The van der Waals surface area contributed by atoms with Crippen LogP contribution in [0.1, 0.15) is 37.6 Å². The molecule has 0 fully saturated rings. The van der Waals surface area contributed by atoms with E-state index in [0.29, 0.717) is 24.2 Å². The molecule has 0 aliphatic carbocycles. The predicted molar refractivity (Wildman–Crippen MR) is 96.0 cm³/mol. The molecule has 25 heavy (non-hydrogen) atoms. The number of anilines is 1. The first-order valence-corrected chi connectivity index (χ1v) is 8.27. The SMILES string of the molecule is CC(C)[C@@](C)(C#N)NC(=O)CNc1ccc(C(=O)NCCCO)cc1. The maximum absolute atomic E-state index is 12.0. The summed E-state index contributed by atoms with van der Waals surface area (Å²) in [4.78, 5) is 23.9. The lowest BCUT2D eigenvalue weighted by Gasteiger charge is -2.27. The van der Waals surface area contributed by atoms with Crippen LogP contribution in [0.5, 0.6) is 0 Å². The van der Waals surface area contributed by atoms with E-state index in [0.717, 1.165) is 0 Å². The molecule has 4 N–H and O–H groups in total. The fraction of sp³-hybridized carbons (Fsp3) is 0.500. The van der Waals surface area contributed by atoms with E-state index in [9.17, 15) is 14.9 Å². The molecule has 1 aromatic rings. The van der Waals surface area contributed by atoms with Gasteiger partial charge in [-0.3, -0.25) is 9.59 Å². The molecule has 0 unspecified atom stereocenters. The molecule has 1 atom stereocenters. The first-order chi connectivity index (χ1) is 11.8. The van der Waals surface area contributed by atoms with E-state index in [-0.39, 0.29) is 30.9 Å². The zero-order valence-electron chi connectivity index (χ0n) is 14.9. The van der Waals surface area contributed by atoms with Crippen molar-refractivity contribution in [2.45, 2.75) is 32.7 Å². The summed E-state index contributed by atoms with van der Waals surface area (Å²) in [6.45, 7) is 5.93. The topological polar surface area (TPSA) is 114 Å². The third-order valence-electron chi connectivity index (χ3n) is 4.01. The van der Waals surface area contributed by atoms with Gasteiger partial charge in [0.2, 0.25) is 5.91 Å². The van der Waals surface area contributed by atoms with E-state index in [2.05, 4.69) is 22.0 Å². The minimum atomic E-state index is -0.907. The Hall–Kier alpha value is -2.59. The minimum Gasteiger partial charge on any atom is -0.396 e. The van der Waals surface area contributed by atoms with Gasteiger partial charge in [0, 0.05) is 24.4 Å². The number of hydrogen-bond donors (Lipinski definition) is 4. The molecule has 0 radical (unpaired) electrons. The first kappa shape index (κ1) is 20.5. The second kappa shape index (κ2) is 9.64. The average molecular weight is 346 g/mol. The predicted octanol–water partition coefficient (Wildman–Crippen LogP) is 1.27. The lowest BCUT2D eigenvalue weighted by Crippen LogP contribution is -2.50. The van der Waals surface area contributed by atoms with Crippen LogP contribution in [0.15, 0.2) is 24.3 Å². The van der Waals surface area contributed by atoms with Crippen LogP contribution in [0.4, 0.5) is 5.69 Å². The summed E-state index contributed by atoms with van der Waals surface area (Å²) in [5, 5.41) is 26.3. The largest absolute Gasteiger partial charge is 0.396 e. The molecule has 1 rings (SSSR count). The van der Waals surface area contributed by atoms with Crippen molar-refractivity contribution >= 4 is 17.5 Å². The molecule has 0 aliphatic rings. The van der Waals surface area contributed by atoms with E-state index in [1.165, 1.54) is 0 Å². The number of nitriles is 1. The van der Waals surface area contributed by atoms with Gasteiger partial charge in [-0.2, -0.15) is 5.26 Å². The Morgan fingerprint density at radius 3 is 2.44 bits per heavy atom. The van der Waals surface area contributed by atoms with Gasteiger partial charge < -0.3 is 21.1 Å². The van der Waals surface area contributed by atoms with Crippen LogP contribution in [0, 0.1) is 17.2 Å². The van der Waals surface area contributed by atoms with Gasteiger partial charge in [-0.25, -0.2) is 0 Å². The molecule has 2 amide bonds. The summed E-state index contributed by atoms with van der Waals surface area (Å²) >= 11 is 0. The Morgan fingerprint density at radius 1 is 1.28 bits per heavy atom. The minimum absolute atomic E-state index is 0.00919. The maximum Gasteiger partial charge on any atom is 0.251 e. The molecule has 1 aromatic carbocycles. The second-order valence-electron chi connectivity index (χ2n) is 6.28. The van der Waals surface area contributed by atoms with Crippen LogP contribution in [-0.2, 0) is 4.79 Å². The number of nitrogens with one attached hydrogen (secondary N) is 3. The van der Waals surface area contributed by atoms with Crippen molar-refractivity contribution in [2.75, 3.05) is 25.0 Å². The highest BCUT2D eigenvalue weighted by Crippen LogP contribution is 2.15. The molecule has 0 bridgehead atoms. The first-order valence-electron chi connectivity index (χ1n) is 8.27. The third kappa shape index (κ3) is 6.43. The fourth-order valence-electron chi connectivity index (χ4n) is 1.94. The Labute approximate surface area is 148 Å². The standard InChI is InChI=1S/C18H26N4O3/c1-13(2)18(3,12-19)22-16(24)11-21-15-7-5-14(6-8-15)17(25)20-9-4-10-23/h5-8,13,21,23H,4,9-11H2,1-3H3,(H,20,25)(H,22,24)/t18-/m1/s1. The second-order valence-corrected chi connectivity index (χ2v) is 6.28. The van der Waals surface area contributed by atoms with E-state index < -0.39 is 5.54 Å². The van der Waals surface area contributed by atoms with Crippen molar-refractivity contribution in [1.29, 1.82) is 5.26 Å². The number of carbonyl (C=O) groups excluding carboxylic acids is 2. The number of amides is 2. The summed E-state index contributed by atoms with van der Waals surface area (Å²) in [6.07, 6.45) is 0.512.